The minimum absolute atomic E-state index is 0.0273. The second kappa shape index (κ2) is 7.83. The third kappa shape index (κ3) is 4.03. The summed E-state index contributed by atoms with van der Waals surface area (Å²) in [6.07, 6.45) is 2.30. The van der Waals surface area contributed by atoms with Crippen LogP contribution in [-0.2, 0) is 9.59 Å². The van der Waals surface area contributed by atoms with Crippen LogP contribution in [0.5, 0.6) is 0 Å². The van der Waals surface area contributed by atoms with Crippen LogP contribution in [0.2, 0.25) is 0 Å². The van der Waals surface area contributed by atoms with E-state index in [1.807, 2.05) is 17.0 Å². The van der Waals surface area contributed by atoms with Crippen LogP contribution in [0.3, 0.4) is 0 Å². The van der Waals surface area contributed by atoms with Crippen molar-refractivity contribution in [2.45, 2.75) is 31.7 Å². The number of furan rings is 1. The van der Waals surface area contributed by atoms with Gasteiger partial charge in [-0.05, 0) is 31.5 Å². The molecule has 2 amide bonds. The molecule has 7 heteroatoms. The highest BCUT2D eigenvalue weighted by molar-refractivity contribution is 8.00. The molecule has 25 heavy (non-hydrogen) atoms. The normalized spacial score (nSPS) is 23.5. The summed E-state index contributed by atoms with van der Waals surface area (Å²) in [4.78, 5) is 31.8. The van der Waals surface area contributed by atoms with Crippen molar-refractivity contribution < 1.29 is 14.0 Å². The van der Waals surface area contributed by atoms with Crippen molar-refractivity contribution in [2.24, 2.45) is 5.92 Å². The molecule has 1 aromatic heterocycles. The van der Waals surface area contributed by atoms with Gasteiger partial charge in [0.2, 0.25) is 11.8 Å². The first kappa shape index (κ1) is 18.3. The predicted molar refractivity (Wildman–Crippen MR) is 98.1 cm³/mol. The maximum absolute atomic E-state index is 13.3. The maximum atomic E-state index is 13.3. The Morgan fingerprint density at radius 1 is 1.32 bits per heavy atom. The summed E-state index contributed by atoms with van der Waals surface area (Å²) in [5.41, 5.74) is 0. The van der Waals surface area contributed by atoms with E-state index >= 15 is 0 Å². The molecule has 0 bridgehead atoms. The summed E-state index contributed by atoms with van der Waals surface area (Å²) in [6, 6.07) is 3.30. The van der Waals surface area contributed by atoms with Crippen molar-refractivity contribution in [1.82, 2.24) is 14.7 Å². The first-order chi connectivity index (χ1) is 12.0. The fraction of sp³-hybridized carbons (Fsp3) is 0.667. The molecule has 2 saturated heterocycles. The molecule has 2 atom stereocenters. The molecule has 1 aromatic rings. The van der Waals surface area contributed by atoms with Gasteiger partial charge < -0.3 is 19.1 Å². The van der Waals surface area contributed by atoms with E-state index in [0.29, 0.717) is 18.1 Å². The zero-order chi connectivity index (χ0) is 18.0. The number of carbonyl (C=O) groups excluding carboxylic acids is 2. The molecular formula is C18H27N3O3S. The second-order valence-electron chi connectivity index (χ2n) is 7.25. The van der Waals surface area contributed by atoms with E-state index in [1.54, 1.807) is 11.2 Å². The standard InChI is InChI=1S/C18H27N3O3S/c1-13(2)11-14(17(23)20-8-6-19(3)7-9-20)21-16(22)12-25-18(21)15-5-4-10-24-15/h4-5,10,13-14,18H,6-9,11-12H2,1-3H3/t14-,18+/m0/s1. The molecule has 3 rings (SSSR count). The average molecular weight is 365 g/mol. The Morgan fingerprint density at radius 3 is 2.64 bits per heavy atom. The molecule has 0 aromatic carbocycles. The lowest BCUT2D eigenvalue weighted by Gasteiger charge is -2.38. The number of rotatable bonds is 5. The number of thioether (sulfide) groups is 1. The molecule has 0 aliphatic carbocycles. The van der Waals surface area contributed by atoms with Crippen LogP contribution in [0.25, 0.3) is 0 Å². The molecule has 2 aliphatic rings. The van der Waals surface area contributed by atoms with Crippen molar-refractivity contribution in [3.8, 4) is 0 Å². The lowest BCUT2D eigenvalue weighted by atomic mass is 10.00. The molecule has 138 valence electrons. The van der Waals surface area contributed by atoms with Crippen LogP contribution < -0.4 is 0 Å². The Bertz CT molecular complexity index is 597. The van der Waals surface area contributed by atoms with E-state index in [1.165, 1.54) is 11.8 Å². The highest BCUT2D eigenvalue weighted by Gasteiger charge is 2.43. The molecule has 0 saturated carbocycles. The molecule has 3 heterocycles. The van der Waals surface area contributed by atoms with Gasteiger partial charge in [-0.3, -0.25) is 9.59 Å². The molecule has 6 nitrogen and oxygen atoms in total. The van der Waals surface area contributed by atoms with E-state index in [9.17, 15) is 9.59 Å². The number of hydrogen-bond donors (Lipinski definition) is 0. The van der Waals surface area contributed by atoms with Crippen molar-refractivity contribution in [3.63, 3.8) is 0 Å². The quantitative estimate of drug-likeness (QED) is 0.799. The van der Waals surface area contributed by atoms with E-state index in [2.05, 4.69) is 25.8 Å². The summed E-state index contributed by atoms with van der Waals surface area (Å²) < 4.78 is 5.54. The van der Waals surface area contributed by atoms with E-state index in [4.69, 9.17) is 4.42 Å². The first-order valence-electron chi connectivity index (χ1n) is 8.91. The largest absolute Gasteiger partial charge is 0.466 e. The van der Waals surface area contributed by atoms with Gasteiger partial charge in [0, 0.05) is 26.2 Å². The van der Waals surface area contributed by atoms with Gasteiger partial charge in [0.1, 0.15) is 17.2 Å². The predicted octanol–water partition coefficient (Wildman–Crippen LogP) is 2.04. The minimum atomic E-state index is -0.416. The number of nitrogens with zero attached hydrogens (tertiary/aromatic N) is 3. The molecule has 0 unspecified atom stereocenters. The van der Waals surface area contributed by atoms with Crippen LogP contribution in [0.15, 0.2) is 22.8 Å². The summed E-state index contributed by atoms with van der Waals surface area (Å²) in [5.74, 6) is 1.58. The monoisotopic (exact) mass is 365 g/mol. The van der Waals surface area contributed by atoms with Crippen LogP contribution in [0.1, 0.15) is 31.4 Å². The fourth-order valence-electron chi connectivity index (χ4n) is 3.44. The lowest BCUT2D eigenvalue weighted by molar-refractivity contribution is -0.146. The van der Waals surface area contributed by atoms with Gasteiger partial charge in [-0.15, -0.1) is 11.8 Å². The average Bonchev–Trinajstić information content (AvgIpc) is 3.22. The lowest BCUT2D eigenvalue weighted by Crippen LogP contribution is -2.55. The Balaban J connectivity index is 1.83. The molecule has 2 aliphatic heterocycles. The third-order valence-electron chi connectivity index (χ3n) is 4.82. The molecule has 0 radical (unpaired) electrons. The Hall–Kier alpha value is -1.47. The van der Waals surface area contributed by atoms with Gasteiger partial charge >= 0.3 is 0 Å². The van der Waals surface area contributed by atoms with Crippen molar-refractivity contribution >= 4 is 23.6 Å². The number of amides is 2. The van der Waals surface area contributed by atoms with Gasteiger partial charge in [-0.1, -0.05) is 13.8 Å². The van der Waals surface area contributed by atoms with Crippen LogP contribution in [0.4, 0.5) is 0 Å². The zero-order valence-corrected chi connectivity index (χ0v) is 16.0. The van der Waals surface area contributed by atoms with Crippen LogP contribution >= 0.6 is 11.8 Å². The summed E-state index contributed by atoms with van der Waals surface area (Å²) in [6.45, 7) is 7.41. The summed E-state index contributed by atoms with van der Waals surface area (Å²) >= 11 is 1.54. The summed E-state index contributed by atoms with van der Waals surface area (Å²) in [7, 11) is 2.07. The van der Waals surface area contributed by atoms with Crippen LogP contribution in [0, 0.1) is 5.92 Å². The van der Waals surface area contributed by atoms with Gasteiger partial charge in [-0.25, -0.2) is 0 Å². The zero-order valence-electron chi connectivity index (χ0n) is 15.2. The summed E-state index contributed by atoms with van der Waals surface area (Å²) in [5, 5.41) is -0.206. The number of likely N-dealkylation sites (N-methyl/N-ethyl adjacent to an activating group) is 1. The SMILES string of the molecule is CC(C)C[C@@H](C(=O)N1CCN(C)CC1)N1C(=O)CS[C@@H]1c1ccco1. The Labute approximate surface area is 153 Å². The molecule has 0 spiro atoms. The van der Waals surface area contributed by atoms with E-state index in [-0.39, 0.29) is 17.2 Å². The Morgan fingerprint density at radius 2 is 2.04 bits per heavy atom. The molecule has 2 fully saturated rings. The van der Waals surface area contributed by atoms with Gasteiger partial charge in [0.05, 0.1) is 12.0 Å². The first-order valence-corrected chi connectivity index (χ1v) is 9.95. The molecular weight excluding hydrogens is 338 g/mol. The smallest absolute Gasteiger partial charge is 0.245 e. The second-order valence-corrected chi connectivity index (χ2v) is 8.32. The van der Waals surface area contributed by atoms with E-state index in [0.717, 1.165) is 31.9 Å². The highest BCUT2D eigenvalue weighted by Crippen LogP contribution is 2.41. The van der Waals surface area contributed by atoms with Crippen molar-refractivity contribution in [3.05, 3.63) is 24.2 Å². The number of piperazine rings is 1. The van der Waals surface area contributed by atoms with Crippen molar-refractivity contribution in [1.29, 1.82) is 0 Å². The van der Waals surface area contributed by atoms with Gasteiger partial charge in [0.25, 0.3) is 0 Å². The van der Waals surface area contributed by atoms with Crippen LogP contribution in [-0.4, -0.2) is 71.5 Å². The molecule has 0 N–H and O–H groups in total. The maximum Gasteiger partial charge on any atom is 0.245 e. The van der Waals surface area contributed by atoms with E-state index < -0.39 is 6.04 Å². The highest BCUT2D eigenvalue weighted by atomic mass is 32.2. The minimum Gasteiger partial charge on any atom is -0.466 e. The fourth-order valence-corrected chi connectivity index (χ4v) is 4.61. The third-order valence-corrected chi connectivity index (χ3v) is 6.01. The number of carbonyl (C=O) groups is 2. The Kier molecular flexibility index (Phi) is 5.74. The van der Waals surface area contributed by atoms with Gasteiger partial charge in [-0.2, -0.15) is 0 Å². The topological polar surface area (TPSA) is 57.0 Å². The van der Waals surface area contributed by atoms with Gasteiger partial charge in [0.15, 0.2) is 0 Å². The number of hydrogen-bond acceptors (Lipinski definition) is 5. The van der Waals surface area contributed by atoms with Crippen molar-refractivity contribution in [2.75, 3.05) is 39.0 Å².